The van der Waals surface area contributed by atoms with Crippen molar-refractivity contribution in [2.45, 2.75) is 110 Å². The summed E-state index contributed by atoms with van der Waals surface area (Å²) in [6.45, 7) is 24.3. The van der Waals surface area contributed by atoms with Crippen LogP contribution in [0.2, 0.25) is 16.6 Å². The van der Waals surface area contributed by atoms with Crippen molar-refractivity contribution >= 4 is 18.3 Å². The van der Waals surface area contributed by atoms with E-state index in [0.717, 1.165) is 16.6 Å². The van der Waals surface area contributed by atoms with Gasteiger partial charge in [-0.05, 0) is 43.3 Å². The standard InChI is InChI=1S/C19H43NSi2/c1-11-18(16(9)17(10)21)20-19(12-2)22(13(3)4,14(5)6)15(7)8/h13-15,18-20H,11-12H2,1-10,21H3. The first-order valence-electron chi connectivity index (χ1n) is 9.47. The highest BCUT2D eigenvalue weighted by Crippen LogP contribution is 2.44. The summed E-state index contributed by atoms with van der Waals surface area (Å²) < 4.78 is 0. The van der Waals surface area contributed by atoms with Gasteiger partial charge in [0.15, 0.2) is 0 Å². The largest absolute Gasteiger partial charge is 0.310 e. The van der Waals surface area contributed by atoms with E-state index >= 15 is 0 Å². The lowest BCUT2D eigenvalue weighted by molar-refractivity contribution is 0.490. The van der Waals surface area contributed by atoms with Crippen LogP contribution in [-0.2, 0) is 0 Å². The third kappa shape index (κ3) is 4.58. The van der Waals surface area contributed by atoms with Crippen molar-refractivity contribution in [3.05, 3.63) is 10.8 Å². The molecule has 0 heterocycles. The van der Waals surface area contributed by atoms with Gasteiger partial charge in [-0.3, -0.25) is 0 Å². The van der Waals surface area contributed by atoms with Crippen molar-refractivity contribution in [3.63, 3.8) is 0 Å². The Bertz CT molecular complexity index is 333. The van der Waals surface area contributed by atoms with Gasteiger partial charge in [0, 0.05) is 21.9 Å². The smallest absolute Gasteiger partial charge is 0.0801 e. The van der Waals surface area contributed by atoms with Gasteiger partial charge in [0.2, 0.25) is 0 Å². The molecule has 2 unspecified atom stereocenters. The van der Waals surface area contributed by atoms with Crippen LogP contribution in [0, 0.1) is 0 Å². The first-order chi connectivity index (χ1) is 10.1. The van der Waals surface area contributed by atoms with Gasteiger partial charge in [0.05, 0.1) is 8.07 Å². The minimum atomic E-state index is -1.44. The lowest BCUT2D eigenvalue weighted by atomic mass is 10.1. The molecular weight excluding hydrogens is 298 g/mol. The fraction of sp³-hybridized carbons (Fsp3) is 0.895. The van der Waals surface area contributed by atoms with E-state index < -0.39 is 8.07 Å². The van der Waals surface area contributed by atoms with Crippen LogP contribution in [0.15, 0.2) is 10.8 Å². The molecule has 0 aliphatic carbocycles. The second-order valence-electron chi connectivity index (χ2n) is 8.24. The summed E-state index contributed by atoms with van der Waals surface area (Å²) in [5.74, 6) is 0. The third-order valence-corrected chi connectivity index (χ3v) is 14.7. The third-order valence-electron chi connectivity index (χ3n) is 6.13. The van der Waals surface area contributed by atoms with Gasteiger partial charge < -0.3 is 5.32 Å². The Labute approximate surface area is 145 Å². The van der Waals surface area contributed by atoms with Gasteiger partial charge in [-0.15, -0.1) is 0 Å². The van der Waals surface area contributed by atoms with Crippen LogP contribution in [0.1, 0.15) is 82.1 Å². The molecule has 0 aromatic heterocycles. The van der Waals surface area contributed by atoms with E-state index in [1.165, 1.54) is 23.1 Å². The van der Waals surface area contributed by atoms with E-state index in [9.17, 15) is 0 Å². The zero-order valence-corrected chi connectivity index (χ0v) is 20.3. The zero-order chi connectivity index (χ0) is 17.7. The summed E-state index contributed by atoms with van der Waals surface area (Å²) in [4.78, 5) is 0. The van der Waals surface area contributed by atoms with Crippen LogP contribution in [0.3, 0.4) is 0 Å². The molecule has 0 radical (unpaired) electrons. The van der Waals surface area contributed by atoms with Crippen molar-refractivity contribution in [2.75, 3.05) is 0 Å². The number of hydrogen-bond acceptors (Lipinski definition) is 1. The Hall–Kier alpha value is 0.134. The monoisotopic (exact) mass is 341 g/mol. The van der Waals surface area contributed by atoms with E-state index in [-0.39, 0.29) is 0 Å². The molecule has 0 saturated carbocycles. The number of allylic oxidation sites excluding steroid dienone is 1. The first-order valence-corrected chi connectivity index (χ1v) is 12.8. The lowest BCUT2D eigenvalue weighted by Gasteiger charge is -2.50. The van der Waals surface area contributed by atoms with Crippen molar-refractivity contribution in [1.29, 1.82) is 0 Å². The Kier molecular flexibility index (Phi) is 9.49. The Morgan fingerprint density at radius 3 is 1.50 bits per heavy atom. The SMILES string of the molecule is CCC(NC(CC)[Si](C(C)C)(C(C)C)C(C)C)C(C)=C(C)[SiH3]. The molecule has 0 aliphatic rings. The van der Waals surface area contributed by atoms with Crippen LogP contribution in [-0.4, -0.2) is 30.0 Å². The summed E-state index contributed by atoms with van der Waals surface area (Å²) >= 11 is 0. The molecule has 3 heteroatoms. The average Bonchev–Trinajstić information content (AvgIpc) is 2.40. The second kappa shape index (κ2) is 9.43. The van der Waals surface area contributed by atoms with E-state index in [4.69, 9.17) is 0 Å². The van der Waals surface area contributed by atoms with Crippen molar-refractivity contribution < 1.29 is 0 Å². The molecule has 1 N–H and O–H groups in total. The molecule has 0 saturated heterocycles. The molecule has 0 spiro atoms. The molecule has 0 rings (SSSR count). The average molecular weight is 342 g/mol. The summed E-state index contributed by atoms with van der Waals surface area (Å²) in [6, 6.07) is 0.575. The van der Waals surface area contributed by atoms with Gasteiger partial charge in [-0.2, -0.15) is 0 Å². The van der Waals surface area contributed by atoms with Gasteiger partial charge >= 0.3 is 0 Å². The Balaban J connectivity index is 5.73. The van der Waals surface area contributed by atoms with E-state index in [1.54, 1.807) is 10.8 Å². The molecule has 132 valence electrons. The maximum atomic E-state index is 4.15. The molecule has 0 aliphatic heterocycles. The van der Waals surface area contributed by atoms with E-state index in [0.29, 0.717) is 11.7 Å². The van der Waals surface area contributed by atoms with Crippen LogP contribution >= 0.6 is 0 Å². The van der Waals surface area contributed by atoms with Crippen molar-refractivity contribution in [2.24, 2.45) is 0 Å². The number of hydrogen-bond donors (Lipinski definition) is 1. The number of nitrogens with one attached hydrogen (secondary N) is 1. The predicted octanol–water partition coefficient (Wildman–Crippen LogP) is 5.01. The maximum absolute atomic E-state index is 4.15. The predicted molar refractivity (Wildman–Crippen MR) is 111 cm³/mol. The highest BCUT2D eigenvalue weighted by Gasteiger charge is 2.48. The summed E-state index contributed by atoms with van der Waals surface area (Å²) in [5.41, 5.74) is 4.79. The van der Waals surface area contributed by atoms with Crippen molar-refractivity contribution in [3.8, 4) is 0 Å². The molecule has 0 bridgehead atoms. The van der Waals surface area contributed by atoms with Gasteiger partial charge in [-0.25, -0.2) is 0 Å². The molecule has 22 heavy (non-hydrogen) atoms. The van der Waals surface area contributed by atoms with Crippen LogP contribution in [0.5, 0.6) is 0 Å². The quantitative estimate of drug-likeness (QED) is 0.581. The molecule has 2 atom stereocenters. The molecule has 0 aromatic carbocycles. The minimum Gasteiger partial charge on any atom is -0.310 e. The molecule has 1 nitrogen and oxygen atoms in total. The van der Waals surface area contributed by atoms with E-state index in [2.05, 4.69) is 74.6 Å². The molecule has 0 aromatic rings. The topological polar surface area (TPSA) is 12.0 Å². The summed E-state index contributed by atoms with van der Waals surface area (Å²) in [5, 5.41) is 5.76. The summed E-state index contributed by atoms with van der Waals surface area (Å²) in [7, 11) is -0.252. The van der Waals surface area contributed by atoms with Crippen LogP contribution in [0.25, 0.3) is 0 Å². The molecule has 0 fully saturated rings. The van der Waals surface area contributed by atoms with Gasteiger partial charge in [0.25, 0.3) is 0 Å². The second-order valence-corrected chi connectivity index (χ2v) is 15.9. The lowest BCUT2D eigenvalue weighted by Crippen LogP contribution is -2.62. The van der Waals surface area contributed by atoms with Crippen molar-refractivity contribution in [1.82, 2.24) is 5.32 Å². The molecular formula is C19H43NSi2. The van der Waals surface area contributed by atoms with Gasteiger partial charge in [-0.1, -0.05) is 66.2 Å². The zero-order valence-electron chi connectivity index (χ0n) is 17.3. The molecule has 0 amide bonds. The van der Waals surface area contributed by atoms with Crippen LogP contribution < -0.4 is 5.32 Å². The van der Waals surface area contributed by atoms with Crippen LogP contribution in [0.4, 0.5) is 0 Å². The minimum absolute atomic E-state index is 0.575. The Morgan fingerprint density at radius 1 is 0.864 bits per heavy atom. The fourth-order valence-electron chi connectivity index (χ4n) is 4.96. The maximum Gasteiger partial charge on any atom is 0.0801 e. The highest BCUT2D eigenvalue weighted by atomic mass is 28.3. The Morgan fingerprint density at radius 2 is 1.27 bits per heavy atom. The highest BCUT2D eigenvalue weighted by molar-refractivity contribution is 6.84. The fourth-order valence-corrected chi connectivity index (χ4v) is 12.9. The first kappa shape index (κ1) is 22.1. The number of rotatable bonds is 9. The summed E-state index contributed by atoms with van der Waals surface area (Å²) in [6.07, 6.45) is 2.48. The van der Waals surface area contributed by atoms with Gasteiger partial charge in [0.1, 0.15) is 0 Å². The normalized spacial score (nSPS) is 17.3. The van der Waals surface area contributed by atoms with E-state index in [1.807, 2.05) is 0 Å².